The third kappa shape index (κ3) is 2.58. The molecule has 1 unspecified atom stereocenters. The lowest BCUT2D eigenvalue weighted by molar-refractivity contribution is 0.247. The molecular formula is C17H19N5O2. The minimum atomic E-state index is -0.633. The van der Waals surface area contributed by atoms with Crippen molar-refractivity contribution in [1.29, 1.82) is 0 Å². The van der Waals surface area contributed by atoms with E-state index in [0.717, 1.165) is 28.6 Å². The number of carbonyl (C=O) groups excluding carboxylic acids is 1. The van der Waals surface area contributed by atoms with Crippen LogP contribution in [0.15, 0.2) is 30.9 Å². The van der Waals surface area contributed by atoms with Crippen molar-refractivity contribution in [3.8, 4) is 17.1 Å². The van der Waals surface area contributed by atoms with Gasteiger partial charge in [0.1, 0.15) is 6.33 Å². The van der Waals surface area contributed by atoms with Gasteiger partial charge in [-0.1, -0.05) is 13.8 Å². The van der Waals surface area contributed by atoms with Gasteiger partial charge in [0.05, 0.1) is 18.1 Å². The molecule has 0 aliphatic carbocycles. The van der Waals surface area contributed by atoms with Crippen LogP contribution in [0.2, 0.25) is 0 Å². The highest BCUT2D eigenvalue weighted by atomic mass is 16.5. The van der Waals surface area contributed by atoms with E-state index in [4.69, 9.17) is 10.5 Å². The van der Waals surface area contributed by atoms with Gasteiger partial charge in [-0.3, -0.25) is 0 Å². The highest BCUT2D eigenvalue weighted by Crippen LogP contribution is 2.34. The van der Waals surface area contributed by atoms with Crippen molar-refractivity contribution in [2.45, 2.75) is 26.2 Å². The van der Waals surface area contributed by atoms with Crippen LogP contribution in [-0.2, 0) is 0 Å². The highest BCUT2D eigenvalue weighted by Gasteiger charge is 2.21. The summed E-state index contributed by atoms with van der Waals surface area (Å²) in [7, 11) is 1.47. The molecule has 1 aromatic carbocycles. The standard InChI is InChI=1S/C17H19N5O2/c1-4-10(2)13-5-11(12-7-19-9-20-8-12)6-14-15(13)21-17(24-3)22(14)16(18)23/h5-10H,4H2,1-3H3,(H2,18,23). The molecule has 1 atom stereocenters. The molecule has 0 radical (unpaired) electrons. The van der Waals surface area contributed by atoms with Gasteiger partial charge in [0.15, 0.2) is 0 Å². The molecule has 0 saturated heterocycles. The molecule has 124 valence electrons. The van der Waals surface area contributed by atoms with Crippen molar-refractivity contribution in [3.63, 3.8) is 0 Å². The number of amides is 1. The third-order valence-corrected chi connectivity index (χ3v) is 4.20. The SMILES string of the molecule is CCC(C)c1cc(-c2cncnc2)cc2c1nc(OC)n2C(N)=O. The van der Waals surface area contributed by atoms with Crippen molar-refractivity contribution in [1.82, 2.24) is 19.5 Å². The largest absolute Gasteiger partial charge is 0.468 e. The number of fused-ring (bicyclic) bond motifs is 1. The summed E-state index contributed by atoms with van der Waals surface area (Å²) in [6.07, 6.45) is 5.89. The summed E-state index contributed by atoms with van der Waals surface area (Å²) in [6, 6.07) is 3.47. The van der Waals surface area contributed by atoms with Crippen LogP contribution < -0.4 is 10.5 Å². The third-order valence-electron chi connectivity index (χ3n) is 4.20. The average molecular weight is 325 g/mol. The number of hydrogen-bond donors (Lipinski definition) is 1. The summed E-state index contributed by atoms with van der Waals surface area (Å²) < 4.78 is 6.52. The molecule has 2 heterocycles. The molecule has 0 saturated carbocycles. The summed E-state index contributed by atoms with van der Waals surface area (Å²) in [6.45, 7) is 4.23. The maximum Gasteiger partial charge on any atom is 0.327 e. The van der Waals surface area contributed by atoms with Crippen LogP contribution in [0.3, 0.4) is 0 Å². The zero-order chi connectivity index (χ0) is 17.3. The average Bonchev–Trinajstić information content (AvgIpc) is 2.99. The lowest BCUT2D eigenvalue weighted by Gasteiger charge is -2.12. The van der Waals surface area contributed by atoms with E-state index in [9.17, 15) is 4.79 Å². The number of hydrogen-bond acceptors (Lipinski definition) is 5. The summed E-state index contributed by atoms with van der Waals surface area (Å²) in [4.78, 5) is 24.5. The normalized spacial score (nSPS) is 12.3. The number of nitrogens with zero attached hydrogens (tertiary/aromatic N) is 4. The number of benzene rings is 1. The summed E-state index contributed by atoms with van der Waals surface area (Å²) in [5.41, 5.74) is 9.67. The second kappa shape index (κ2) is 6.27. The molecule has 0 aliphatic heterocycles. The predicted octanol–water partition coefficient (Wildman–Crippen LogP) is 2.94. The Morgan fingerprint density at radius 3 is 2.58 bits per heavy atom. The Morgan fingerprint density at radius 2 is 2.00 bits per heavy atom. The molecule has 24 heavy (non-hydrogen) atoms. The summed E-state index contributed by atoms with van der Waals surface area (Å²) >= 11 is 0. The topological polar surface area (TPSA) is 95.9 Å². The summed E-state index contributed by atoms with van der Waals surface area (Å²) in [5.74, 6) is 0.262. The van der Waals surface area contributed by atoms with E-state index in [1.54, 1.807) is 12.4 Å². The molecule has 0 spiro atoms. The van der Waals surface area contributed by atoms with Crippen molar-refractivity contribution in [2.75, 3.05) is 7.11 Å². The van der Waals surface area contributed by atoms with E-state index in [2.05, 4.69) is 34.9 Å². The number of ether oxygens (including phenoxy) is 1. The predicted molar refractivity (Wildman–Crippen MR) is 91.0 cm³/mol. The second-order valence-electron chi connectivity index (χ2n) is 5.64. The molecule has 1 amide bonds. The quantitative estimate of drug-likeness (QED) is 0.795. The number of methoxy groups -OCH3 is 1. The molecule has 2 aromatic heterocycles. The minimum absolute atomic E-state index is 0.184. The van der Waals surface area contributed by atoms with Gasteiger partial charge in [-0.15, -0.1) is 0 Å². The van der Waals surface area contributed by atoms with E-state index < -0.39 is 6.03 Å². The van der Waals surface area contributed by atoms with Crippen molar-refractivity contribution >= 4 is 17.1 Å². The Labute approximate surface area is 139 Å². The first-order chi connectivity index (χ1) is 11.6. The number of carbonyl (C=O) groups is 1. The van der Waals surface area contributed by atoms with Gasteiger partial charge in [-0.25, -0.2) is 19.3 Å². The fraction of sp³-hybridized carbons (Fsp3) is 0.294. The number of imidazole rings is 1. The van der Waals surface area contributed by atoms with Gasteiger partial charge < -0.3 is 10.5 Å². The Bertz CT molecular complexity index is 889. The van der Waals surface area contributed by atoms with Crippen molar-refractivity contribution in [2.24, 2.45) is 5.73 Å². The van der Waals surface area contributed by atoms with Crippen LogP contribution in [0, 0.1) is 0 Å². The lowest BCUT2D eigenvalue weighted by Crippen LogP contribution is -2.20. The van der Waals surface area contributed by atoms with Gasteiger partial charge in [-0.05, 0) is 35.6 Å². The Morgan fingerprint density at radius 1 is 1.29 bits per heavy atom. The molecule has 0 aliphatic rings. The number of rotatable bonds is 4. The zero-order valence-electron chi connectivity index (χ0n) is 13.9. The van der Waals surface area contributed by atoms with E-state index in [1.165, 1.54) is 18.0 Å². The molecule has 7 nitrogen and oxygen atoms in total. The van der Waals surface area contributed by atoms with E-state index >= 15 is 0 Å². The van der Waals surface area contributed by atoms with Gasteiger partial charge in [0.2, 0.25) is 0 Å². The minimum Gasteiger partial charge on any atom is -0.468 e. The van der Waals surface area contributed by atoms with Crippen molar-refractivity contribution in [3.05, 3.63) is 36.4 Å². The van der Waals surface area contributed by atoms with Crippen LogP contribution >= 0.6 is 0 Å². The Kier molecular flexibility index (Phi) is 4.16. The summed E-state index contributed by atoms with van der Waals surface area (Å²) in [5, 5.41) is 0. The van der Waals surface area contributed by atoms with Gasteiger partial charge in [0.25, 0.3) is 0 Å². The van der Waals surface area contributed by atoms with Crippen molar-refractivity contribution < 1.29 is 9.53 Å². The van der Waals surface area contributed by atoms with Crippen LogP contribution in [0.4, 0.5) is 4.79 Å². The van der Waals surface area contributed by atoms with Gasteiger partial charge in [0, 0.05) is 18.0 Å². The van der Waals surface area contributed by atoms with Crippen LogP contribution in [0.1, 0.15) is 31.7 Å². The van der Waals surface area contributed by atoms with Crippen LogP contribution in [-0.4, -0.2) is 32.7 Å². The molecule has 0 fully saturated rings. The monoisotopic (exact) mass is 325 g/mol. The van der Waals surface area contributed by atoms with Gasteiger partial charge >= 0.3 is 12.0 Å². The zero-order valence-corrected chi connectivity index (χ0v) is 13.9. The molecule has 3 rings (SSSR count). The second-order valence-corrected chi connectivity index (χ2v) is 5.64. The number of primary amides is 1. The van der Waals surface area contributed by atoms with Crippen LogP contribution in [0.5, 0.6) is 6.01 Å². The van der Waals surface area contributed by atoms with Crippen LogP contribution in [0.25, 0.3) is 22.2 Å². The highest BCUT2D eigenvalue weighted by molar-refractivity contribution is 5.94. The Balaban J connectivity index is 2.36. The van der Waals surface area contributed by atoms with E-state index in [-0.39, 0.29) is 11.9 Å². The lowest BCUT2D eigenvalue weighted by atomic mass is 9.94. The smallest absolute Gasteiger partial charge is 0.327 e. The molecule has 2 N–H and O–H groups in total. The van der Waals surface area contributed by atoms with E-state index in [1.807, 2.05) is 6.07 Å². The first-order valence-electron chi connectivity index (χ1n) is 7.72. The fourth-order valence-electron chi connectivity index (χ4n) is 2.74. The first-order valence-corrected chi connectivity index (χ1v) is 7.72. The number of aromatic nitrogens is 4. The first kappa shape index (κ1) is 15.9. The molecule has 0 bridgehead atoms. The fourth-order valence-corrected chi connectivity index (χ4v) is 2.74. The maximum absolute atomic E-state index is 11.9. The number of nitrogens with two attached hydrogens (primary N) is 1. The maximum atomic E-state index is 11.9. The van der Waals surface area contributed by atoms with Gasteiger partial charge in [-0.2, -0.15) is 4.98 Å². The Hall–Kier alpha value is -2.96. The molecule has 3 aromatic rings. The van der Waals surface area contributed by atoms with E-state index in [0.29, 0.717) is 5.52 Å². The molecular weight excluding hydrogens is 306 g/mol. The molecule has 7 heteroatoms.